The number of allylic oxidation sites excluding steroid dienone is 1. The number of ether oxygens (including phenoxy) is 4. The van der Waals surface area contributed by atoms with Crippen LogP contribution in [0.5, 0.6) is 23.0 Å². The zero-order valence-corrected chi connectivity index (χ0v) is 20.7. The lowest BCUT2D eigenvalue weighted by Gasteiger charge is -2.15. The highest BCUT2D eigenvalue weighted by Crippen LogP contribution is 2.38. The molecule has 2 aromatic carbocycles. The molecule has 0 heterocycles. The van der Waals surface area contributed by atoms with Crippen molar-refractivity contribution < 1.29 is 28.5 Å². The number of methoxy groups -OCH3 is 4. The fourth-order valence-corrected chi connectivity index (χ4v) is 3.45. The molecule has 1 amide bonds. The molecule has 2 rings (SSSR count). The zero-order valence-electron chi connectivity index (χ0n) is 20.7. The van der Waals surface area contributed by atoms with Gasteiger partial charge in [-0.05, 0) is 54.8 Å². The van der Waals surface area contributed by atoms with Crippen LogP contribution in [0.4, 0.5) is 5.69 Å². The third kappa shape index (κ3) is 6.51. The second-order valence-corrected chi connectivity index (χ2v) is 7.77. The second-order valence-electron chi connectivity index (χ2n) is 7.77. The van der Waals surface area contributed by atoms with Crippen LogP contribution >= 0.6 is 0 Å². The van der Waals surface area contributed by atoms with Gasteiger partial charge >= 0.3 is 0 Å². The molecule has 0 aromatic heterocycles. The summed E-state index contributed by atoms with van der Waals surface area (Å²) in [7, 11) is 6.02. The Morgan fingerprint density at radius 3 is 2.12 bits per heavy atom. The molecule has 0 bridgehead atoms. The third-order valence-corrected chi connectivity index (χ3v) is 5.36. The van der Waals surface area contributed by atoms with E-state index in [-0.39, 0.29) is 11.7 Å². The van der Waals surface area contributed by atoms with Crippen molar-refractivity contribution in [2.75, 3.05) is 33.8 Å². The number of amides is 1. The molecule has 0 aliphatic carbocycles. The van der Waals surface area contributed by atoms with E-state index in [4.69, 9.17) is 24.7 Å². The van der Waals surface area contributed by atoms with E-state index in [1.165, 1.54) is 28.4 Å². The van der Waals surface area contributed by atoms with Crippen molar-refractivity contribution in [3.63, 3.8) is 0 Å². The largest absolute Gasteiger partial charge is 0.495 e. The van der Waals surface area contributed by atoms with Gasteiger partial charge in [-0.3, -0.25) is 9.59 Å². The van der Waals surface area contributed by atoms with Crippen molar-refractivity contribution in [3.8, 4) is 23.0 Å². The average molecular weight is 471 g/mol. The molecule has 2 aromatic rings. The predicted octanol–water partition coefficient (Wildman–Crippen LogP) is 4.46. The van der Waals surface area contributed by atoms with Crippen LogP contribution in [0.3, 0.4) is 0 Å². The standard InChI is InChI=1S/C26H34N2O6/c1-7-8-9-19(27)26(30)28-20-13-17(10-11-21(20)31-3)12-16(2)24(29)18-14-22(32-4)25(34-6)23(15-18)33-5/h10-15,19H,7-9,27H2,1-6H3,(H,28,30)/b16-12+. The third-order valence-electron chi connectivity index (χ3n) is 5.36. The first-order valence-corrected chi connectivity index (χ1v) is 11.1. The van der Waals surface area contributed by atoms with Gasteiger partial charge in [0.05, 0.1) is 40.2 Å². The van der Waals surface area contributed by atoms with Gasteiger partial charge in [0.15, 0.2) is 17.3 Å². The van der Waals surface area contributed by atoms with E-state index in [0.29, 0.717) is 46.2 Å². The Hall–Kier alpha value is -3.52. The minimum atomic E-state index is -0.604. The Bertz CT molecular complexity index is 1020. The van der Waals surface area contributed by atoms with Crippen LogP contribution in [-0.2, 0) is 4.79 Å². The summed E-state index contributed by atoms with van der Waals surface area (Å²) in [6.07, 6.45) is 4.17. The van der Waals surface area contributed by atoms with Gasteiger partial charge < -0.3 is 30.0 Å². The summed E-state index contributed by atoms with van der Waals surface area (Å²) in [5.74, 6) is 1.22. The molecule has 0 fully saturated rings. The van der Waals surface area contributed by atoms with E-state index in [1.54, 1.807) is 43.3 Å². The minimum absolute atomic E-state index is 0.206. The van der Waals surface area contributed by atoms with Crippen molar-refractivity contribution in [2.45, 2.75) is 39.2 Å². The van der Waals surface area contributed by atoms with Gasteiger partial charge in [-0.2, -0.15) is 0 Å². The molecule has 0 saturated carbocycles. The van der Waals surface area contributed by atoms with Crippen LogP contribution in [0.15, 0.2) is 35.9 Å². The highest BCUT2D eigenvalue weighted by atomic mass is 16.5. The fraction of sp³-hybridized carbons (Fsp3) is 0.385. The van der Waals surface area contributed by atoms with E-state index >= 15 is 0 Å². The van der Waals surface area contributed by atoms with Crippen molar-refractivity contribution in [3.05, 3.63) is 47.0 Å². The molecule has 184 valence electrons. The number of nitrogens with two attached hydrogens (primary N) is 1. The number of anilines is 1. The zero-order chi connectivity index (χ0) is 25.3. The van der Waals surface area contributed by atoms with Gasteiger partial charge in [0, 0.05) is 5.56 Å². The Kier molecular flexibility index (Phi) is 9.94. The monoisotopic (exact) mass is 470 g/mol. The number of rotatable bonds is 12. The Morgan fingerprint density at radius 1 is 0.971 bits per heavy atom. The smallest absolute Gasteiger partial charge is 0.241 e. The molecular weight excluding hydrogens is 436 g/mol. The minimum Gasteiger partial charge on any atom is -0.495 e. The van der Waals surface area contributed by atoms with Gasteiger partial charge in [-0.25, -0.2) is 0 Å². The second kappa shape index (κ2) is 12.6. The quantitative estimate of drug-likeness (QED) is 0.348. The Balaban J connectivity index is 2.33. The molecule has 1 atom stereocenters. The van der Waals surface area contributed by atoms with Gasteiger partial charge in [0.1, 0.15) is 5.75 Å². The summed E-state index contributed by atoms with van der Waals surface area (Å²) in [4.78, 5) is 25.6. The van der Waals surface area contributed by atoms with E-state index < -0.39 is 6.04 Å². The molecule has 8 heteroatoms. The Labute approximate surface area is 201 Å². The van der Waals surface area contributed by atoms with Gasteiger partial charge in [0.2, 0.25) is 11.7 Å². The van der Waals surface area contributed by atoms with Crippen molar-refractivity contribution in [1.29, 1.82) is 0 Å². The van der Waals surface area contributed by atoms with Crippen molar-refractivity contribution in [1.82, 2.24) is 0 Å². The van der Waals surface area contributed by atoms with Crippen LogP contribution in [0.2, 0.25) is 0 Å². The summed E-state index contributed by atoms with van der Waals surface area (Å²) in [5, 5.41) is 2.84. The van der Waals surface area contributed by atoms with Crippen LogP contribution in [0.25, 0.3) is 6.08 Å². The fourth-order valence-electron chi connectivity index (χ4n) is 3.45. The molecule has 34 heavy (non-hydrogen) atoms. The topological polar surface area (TPSA) is 109 Å². The molecule has 0 aliphatic rings. The first-order chi connectivity index (χ1) is 16.3. The number of unbranched alkanes of at least 4 members (excludes halogenated alkanes) is 1. The normalized spacial score (nSPS) is 12.0. The summed E-state index contributed by atoms with van der Waals surface area (Å²) in [6.45, 7) is 3.76. The SMILES string of the molecule is CCCCC(N)C(=O)Nc1cc(/C=C(\C)C(=O)c2cc(OC)c(OC)c(OC)c2)ccc1OC. The number of carbonyl (C=O) groups excluding carboxylic acids is 2. The van der Waals surface area contributed by atoms with Gasteiger partial charge in [-0.1, -0.05) is 25.8 Å². The average Bonchev–Trinajstić information content (AvgIpc) is 2.85. The molecule has 0 spiro atoms. The van der Waals surface area contributed by atoms with Crippen LogP contribution in [-0.4, -0.2) is 46.2 Å². The number of carbonyl (C=O) groups is 2. The van der Waals surface area contributed by atoms with Gasteiger partial charge in [-0.15, -0.1) is 0 Å². The molecular formula is C26H34N2O6. The molecule has 1 unspecified atom stereocenters. The van der Waals surface area contributed by atoms with E-state index in [9.17, 15) is 9.59 Å². The molecule has 0 aliphatic heterocycles. The Morgan fingerprint density at radius 2 is 1.59 bits per heavy atom. The van der Waals surface area contributed by atoms with E-state index in [0.717, 1.165) is 18.4 Å². The lowest BCUT2D eigenvalue weighted by Crippen LogP contribution is -2.35. The first-order valence-electron chi connectivity index (χ1n) is 11.1. The maximum atomic E-state index is 13.1. The highest BCUT2D eigenvalue weighted by molar-refractivity contribution is 6.11. The van der Waals surface area contributed by atoms with E-state index in [2.05, 4.69) is 5.32 Å². The molecule has 0 saturated heterocycles. The number of Topliss-reactive ketones (excluding diaryl/α,β-unsaturated/α-hetero) is 1. The molecule has 8 nitrogen and oxygen atoms in total. The highest BCUT2D eigenvalue weighted by Gasteiger charge is 2.19. The van der Waals surface area contributed by atoms with Crippen LogP contribution in [0, 0.1) is 0 Å². The number of hydrogen-bond donors (Lipinski definition) is 2. The lowest BCUT2D eigenvalue weighted by atomic mass is 10.0. The summed E-state index contributed by atoms with van der Waals surface area (Å²) in [5.41, 5.74) is 8.08. The van der Waals surface area contributed by atoms with Crippen LogP contribution < -0.4 is 30.0 Å². The first kappa shape index (κ1) is 26.7. The predicted molar refractivity (Wildman–Crippen MR) is 133 cm³/mol. The maximum absolute atomic E-state index is 13.1. The summed E-state index contributed by atoms with van der Waals surface area (Å²) in [6, 6.07) is 7.90. The van der Waals surface area contributed by atoms with Crippen molar-refractivity contribution in [2.24, 2.45) is 5.73 Å². The molecule has 0 radical (unpaired) electrons. The van der Waals surface area contributed by atoms with Crippen molar-refractivity contribution >= 4 is 23.5 Å². The maximum Gasteiger partial charge on any atom is 0.241 e. The number of ketones is 1. The number of benzene rings is 2. The number of nitrogens with one attached hydrogen (secondary N) is 1. The summed E-state index contributed by atoms with van der Waals surface area (Å²) < 4.78 is 21.4. The number of hydrogen-bond acceptors (Lipinski definition) is 7. The summed E-state index contributed by atoms with van der Waals surface area (Å²) >= 11 is 0. The lowest BCUT2D eigenvalue weighted by molar-refractivity contribution is -0.117. The van der Waals surface area contributed by atoms with Gasteiger partial charge in [0.25, 0.3) is 0 Å². The molecule has 3 N–H and O–H groups in total. The van der Waals surface area contributed by atoms with E-state index in [1.807, 2.05) is 6.92 Å². The van der Waals surface area contributed by atoms with Crippen LogP contribution in [0.1, 0.15) is 49.0 Å².